The fourth-order valence-electron chi connectivity index (χ4n) is 2.70. The number of hydrogen-bond donors (Lipinski definition) is 2. The van der Waals surface area contributed by atoms with E-state index >= 15 is 0 Å². The van der Waals surface area contributed by atoms with Crippen LogP contribution >= 0.6 is 24.0 Å². The number of rotatable bonds is 6. The molecule has 0 radical (unpaired) electrons. The SMILES string of the molecule is Cc1nnc(CNC(=NCc2ccccc2)NC(C)c2ccccc2)n1C.I. The molecule has 0 fully saturated rings. The molecule has 1 unspecified atom stereocenters. The Labute approximate surface area is 183 Å². The molecule has 0 saturated heterocycles. The number of aryl methyl sites for hydroxylation is 1. The van der Waals surface area contributed by atoms with Gasteiger partial charge in [0.25, 0.3) is 0 Å². The van der Waals surface area contributed by atoms with Crippen LogP contribution in [0.5, 0.6) is 0 Å². The molecule has 0 saturated carbocycles. The van der Waals surface area contributed by atoms with Crippen molar-refractivity contribution in [2.75, 3.05) is 0 Å². The topological polar surface area (TPSA) is 67.1 Å². The minimum atomic E-state index is 0. The highest BCUT2D eigenvalue weighted by atomic mass is 127. The zero-order valence-electron chi connectivity index (χ0n) is 16.5. The third-order valence-corrected chi connectivity index (χ3v) is 4.51. The van der Waals surface area contributed by atoms with Gasteiger partial charge in [-0.15, -0.1) is 34.2 Å². The van der Waals surface area contributed by atoms with Crippen LogP contribution < -0.4 is 10.6 Å². The Hall–Kier alpha value is -2.42. The van der Waals surface area contributed by atoms with Gasteiger partial charge in [0.2, 0.25) is 0 Å². The van der Waals surface area contributed by atoms with Gasteiger partial charge in [-0.05, 0) is 25.0 Å². The predicted octanol–water partition coefficient (Wildman–Crippen LogP) is 3.74. The quantitative estimate of drug-likeness (QED) is 0.314. The number of benzene rings is 2. The molecule has 0 amide bonds. The zero-order valence-corrected chi connectivity index (χ0v) is 18.8. The first-order valence-electron chi connectivity index (χ1n) is 9.12. The van der Waals surface area contributed by atoms with E-state index in [0.29, 0.717) is 13.1 Å². The van der Waals surface area contributed by atoms with Gasteiger partial charge in [0.15, 0.2) is 11.8 Å². The highest BCUT2D eigenvalue weighted by molar-refractivity contribution is 14.0. The van der Waals surface area contributed by atoms with Gasteiger partial charge in [-0.25, -0.2) is 4.99 Å². The van der Waals surface area contributed by atoms with Crippen LogP contribution in [0.25, 0.3) is 0 Å². The predicted molar refractivity (Wildman–Crippen MR) is 124 cm³/mol. The molecule has 0 bridgehead atoms. The summed E-state index contributed by atoms with van der Waals surface area (Å²) in [5.74, 6) is 2.50. The van der Waals surface area contributed by atoms with Gasteiger partial charge < -0.3 is 15.2 Å². The van der Waals surface area contributed by atoms with Crippen molar-refractivity contribution in [3.63, 3.8) is 0 Å². The van der Waals surface area contributed by atoms with Crippen molar-refractivity contribution in [3.8, 4) is 0 Å². The smallest absolute Gasteiger partial charge is 0.192 e. The molecular formula is C21H27IN6. The van der Waals surface area contributed by atoms with E-state index in [2.05, 4.69) is 52.0 Å². The summed E-state index contributed by atoms with van der Waals surface area (Å²) < 4.78 is 1.97. The monoisotopic (exact) mass is 490 g/mol. The van der Waals surface area contributed by atoms with E-state index in [-0.39, 0.29) is 30.0 Å². The van der Waals surface area contributed by atoms with E-state index in [4.69, 9.17) is 4.99 Å². The molecule has 0 aliphatic rings. The highest BCUT2D eigenvalue weighted by Gasteiger charge is 2.10. The maximum absolute atomic E-state index is 4.75. The summed E-state index contributed by atoms with van der Waals surface area (Å²) in [6.45, 7) is 5.23. The molecule has 148 valence electrons. The van der Waals surface area contributed by atoms with Crippen molar-refractivity contribution >= 4 is 29.9 Å². The van der Waals surface area contributed by atoms with Gasteiger partial charge in [0.05, 0.1) is 19.1 Å². The average Bonchev–Trinajstić information content (AvgIpc) is 3.03. The lowest BCUT2D eigenvalue weighted by Gasteiger charge is -2.18. The number of aliphatic imine (C=N–C) groups is 1. The Morgan fingerprint density at radius 3 is 2.29 bits per heavy atom. The normalized spacial score (nSPS) is 12.2. The molecule has 2 N–H and O–H groups in total. The number of aromatic nitrogens is 3. The first kappa shape index (κ1) is 21.9. The second-order valence-electron chi connectivity index (χ2n) is 6.50. The Bertz CT molecular complexity index is 876. The molecular weight excluding hydrogens is 463 g/mol. The maximum atomic E-state index is 4.75. The van der Waals surface area contributed by atoms with Crippen molar-refractivity contribution in [3.05, 3.63) is 83.4 Å². The Morgan fingerprint density at radius 2 is 1.68 bits per heavy atom. The van der Waals surface area contributed by atoms with Crippen molar-refractivity contribution in [1.29, 1.82) is 0 Å². The highest BCUT2D eigenvalue weighted by Crippen LogP contribution is 2.11. The van der Waals surface area contributed by atoms with E-state index in [0.717, 1.165) is 17.6 Å². The minimum Gasteiger partial charge on any atom is -0.350 e. The fraction of sp³-hybridized carbons (Fsp3) is 0.286. The third-order valence-electron chi connectivity index (χ3n) is 4.51. The van der Waals surface area contributed by atoms with Gasteiger partial charge in [-0.1, -0.05) is 60.7 Å². The first-order chi connectivity index (χ1) is 13.1. The van der Waals surface area contributed by atoms with Crippen LogP contribution in [0.15, 0.2) is 65.7 Å². The molecule has 1 aromatic heterocycles. The summed E-state index contributed by atoms with van der Waals surface area (Å²) in [7, 11) is 1.97. The van der Waals surface area contributed by atoms with Crippen LogP contribution in [-0.4, -0.2) is 20.7 Å². The molecule has 1 heterocycles. The number of nitrogens with one attached hydrogen (secondary N) is 2. The van der Waals surface area contributed by atoms with Crippen molar-refractivity contribution in [1.82, 2.24) is 25.4 Å². The third kappa shape index (κ3) is 6.05. The van der Waals surface area contributed by atoms with Crippen LogP contribution in [0.2, 0.25) is 0 Å². The lowest BCUT2D eigenvalue weighted by atomic mass is 10.1. The molecule has 1 atom stereocenters. The van der Waals surface area contributed by atoms with Gasteiger partial charge >= 0.3 is 0 Å². The summed E-state index contributed by atoms with van der Waals surface area (Å²) in [6, 6.07) is 20.7. The van der Waals surface area contributed by atoms with Gasteiger partial charge in [0, 0.05) is 7.05 Å². The summed E-state index contributed by atoms with van der Waals surface area (Å²) in [5, 5.41) is 15.2. The number of hydrogen-bond acceptors (Lipinski definition) is 3. The minimum absolute atomic E-state index is 0. The summed E-state index contributed by atoms with van der Waals surface area (Å²) in [4.78, 5) is 4.75. The molecule has 0 spiro atoms. The summed E-state index contributed by atoms with van der Waals surface area (Å²) in [5.41, 5.74) is 2.38. The maximum Gasteiger partial charge on any atom is 0.192 e. The Kier molecular flexibility index (Phi) is 8.43. The van der Waals surface area contributed by atoms with Gasteiger partial charge in [0.1, 0.15) is 5.82 Å². The summed E-state index contributed by atoms with van der Waals surface area (Å²) >= 11 is 0. The van der Waals surface area contributed by atoms with Crippen molar-refractivity contribution in [2.45, 2.75) is 33.0 Å². The molecule has 2 aromatic carbocycles. The zero-order chi connectivity index (χ0) is 19.1. The average molecular weight is 490 g/mol. The van der Waals surface area contributed by atoms with E-state index in [1.807, 2.05) is 54.9 Å². The molecule has 6 nitrogen and oxygen atoms in total. The molecule has 0 aliphatic carbocycles. The van der Waals surface area contributed by atoms with E-state index < -0.39 is 0 Å². The molecule has 28 heavy (non-hydrogen) atoms. The number of guanidine groups is 1. The molecule has 3 rings (SSSR count). The Balaban J connectivity index is 0.00000280. The van der Waals surface area contributed by atoms with Gasteiger partial charge in [-0.3, -0.25) is 0 Å². The molecule has 0 aliphatic heterocycles. The van der Waals surface area contributed by atoms with Crippen molar-refractivity contribution < 1.29 is 0 Å². The lowest BCUT2D eigenvalue weighted by molar-refractivity contribution is 0.664. The lowest BCUT2D eigenvalue weighted by Crippen LogP contribution is -2.39. The van der Waals surface area contributed by atoms with E-state index in [1.54, 1.807) is 0 Å². The van der Waals surface area contributed by atoms with Crippen LogP contribution in [0, 0.1) is 6.92 Å². The summed E-state index contributed by atoms with van der Waals surface area (Å²) in [6.07, 6.45) is 0. The van der Waals surface area contributed by atoms with E-state index in [9.17, 15) is 0 Å². The standard InChI is InChI=1S/C21H26N6.HI/c1-16(19-12-8-5-9-13-19)24-21(22-14-18-10-6-4-7-11-18)23-15-20-26-25-17(2)27(20)3;/h4-13,16H,14-15H2,1-3H3,(H2,22,23,24);1H. The number of halogens is 1. The fourth-order valence-corrected chi connectivity index (χ4v) is 2.70. The number of nitrogens with zero attached hydrogens (tertiary/aromatic N) is 4. The van der Waals surface area contributed by atoms with Crippen LogP contribution in [0.4, 0.5) is 0 Å². The molecule has 7 heteroatoms. The van der Waals surface area contributed by atoms with Crippen molar-refractivity contribution in [2.24, 2.45) is 12.0 Å². The Morgan fingerprint density at radius 1 is 1.04 bits per heavy atom. The van der Waals surface area contributed by atoms with Crippen LogP contribution in [0.3, 0.4) is 0 Å². The largest absolute Gasteiger partial charge is 0.350 e. The van der Waals surface area contributed by atoms with Crippen LogP contribution in [-0.2, 0) is 20.1 Å². The van der Waals surface area contributed by atoms with Gasteiger partial charge in [-0.2, -0.15) is 0 Å². The second kappa shape index (κ2) is 10.8. The van der Waals surface area contributed by atoms with Crippen LogP contribution in [0.1, 0.15) is 35.7 Å². The first-order valence-corrected chi connectivity index (χ1v) is 9.12. The second-order valence-corrected chi connectivity index (χ2v) is 6.50. The van der Waals surface area contributed by atoms with E-state index in [1.165, 1.54) is 11.1 Å². The molecule has 3 aromatic rings.